The van der Waals surface area contributed by atoms with Crippen LogP contribution in [0.1, 0.15) is 13.8 Å². The Labute approximate surface area is 113 Å². The molecule has 0 radical (unpaired) electrons. The second-order valence-electron chi connectivity index (χ2n) is 4.31. The highest BCUT2D eigenvalue weighted by Gasteiger charge is 2.17. The fraction of sp³-hybridized carbons (Fsp3) is 0.200. The molecule has 0 heterocycles. The van der Waals surface area contributed by atoms with Gasteiger partial charge in [0.05, 0.1) is 15.9 Å². The van der Waals surface area contributed by atoms with Gasteiger partial charge in [0, 0.05) is 6.07 Å². The molecule has 0 atom stereocenters. The molecule has 4 heteroatoms. The summed E-state index contributed by atoms with van der Waals surface area (Å²) in [5.41, 5.74) is 0. The van der Waals surface area contributed by atoms with Gasteiger partial charge in [0.25, 0.3) is 0 Å². The van der Waals surface area contributed by atoms with Crippen molar-refractivity contribution in [1.29, 1.82) is 0 Å². The van der Waals surface area contributed by atoms with Gasteiger partial charge in [0.2, 0.25) is 9.84 Å². The molecule has 0 N–H and O–H groups in total. The summed E-state index contributed by atoms with van der Waals surface area (Å²) in [6.07, 6.45) is 0.0571. The molecule has 98 valence electrons. The maximum absolute atomic E-state index is 12.3. The lowest BCUT2D eigenvalue weighted by Gasteiger charge is -2.10. The highest BCUT2D eigenvalue weighted by atomic mass is 32.2. The molecule has 2 aromatic rings. The zero-order valence-corrected chi connectivity index (χ0v) is 11.6. The first-order valence-electron chi connectivity index (χ1n) is 5.90. The van der Waals surface area contributed by atoms with Gasteiger partial charge in [0.1, 0.15) is 5.75 Å². The summed E-state index contributed by atoms with van der Waals surface area (Å²) in [4.78, 5) is 0.451. The second-order valence-corrected chi connectivity index (χ2v) is 6.26. The largest absolute Gasteiger partial charge is 0.491 e. The standard InChI is InChI=1S/C15H14O3S/c1-12(2)18-13-8-10-15(11-9-13)19(16,17)14-6-4-3-5-7-14/h4,6-12H,1-2H3. The fourth-order valence-electron chi connectivity index (χ4n) is 1.61. The summed E-state index contributed by atoms with van der Waals surface area (Å²) in [5.74, 6) is 0.655. The van der Waals surface area contributed by atoms with Crippen LogP contribution in [0, 0.1) is 12.1 Å². The van der Waals surface area contributed by atoms with E-state index in [0.29, 0.717) is 5.75 Å². The molecule has 0 fully saturated rings. The fourth-order valence-corrected chi connectivity index (χ4v) is 2.83. The predicted molar refractivity (Wildman–Crippen MR) is 71.8 cm³/mol. The lowest BCUT2D eigenvalue weighted by atomic mass is 10.3. The number of sulfone groups is 1. The Kier molecular flexibility index (Phi) is 3.77. The van der Waals surface area contributed by atoms with Crippen LogP contribution in [0.4, 0.5) is 0 Å². The molecule has 2 rings (SSSR count). The molecule has 0 aromatic heterocycles. The summed E-state index contributed by atoms with van der Waals surface area (Å²) in [6.45, 7) is 3.84. The van der Waals surface area contributed by atoms with Crippen molar-refractivity contribution >= 4 is 9.84 Å². The zero-order chi connectivity index (χ0) is 13.9. The van der Waals surface area contributed by atoms with E-state index in [9.17, 15) is 8.42 Å². The minimum Gasteiger partial charge on any atom is -0.491 e. The molecule has 19 heavy (non-hydrogen) atoms. The normalized spacial score (nSPS) is 11.1. The third-order valence-electron chi connectivity index (χ3n) is 2.44. The van der Waals surface area contributed by atoms with Crippen LogP contribution in [0.5, 0.6) is 5.75 Å². The Morgan fingerprint density at radius 2 is 1.68 bits per heavy atom. The molecule has 0 saturated heterocycles. The monoisotopic (exact) mass is 274 g/mol. The van der Waals surface area contributed by atoms with Gasteiger partial charge in [-0.3, -0.25) is 0 Å². The number of hydrogen-bond donors (Lipinski definition) is 0. The third kappa shape index (κ3) is 3.07. The first kappa shape index (κ1) is 13.4. The van der Waals surface area contributed by atoms with Crippen molar-refractivity contribution in [3.63, 3.8) is 0 Å². The van der Waals surface area contributed by atoms with E-state index in [1.165, 1.54) is 18.2 Å². The van der Waals surface area contributed by atoms with Crippen LogP contribution >= 0.6 is 0 Å². The van der Waals surface area contributed by atoms with Crippen molar-refractivity contribution in [2.24, 2.45) is 0 Å². The number of ether oxygens (including phenoxy) is 1. The van der Waals surface area contributed by atoms with Crippen molar-refractivity contribution in [2.45, 2.75) is 29.7 Å². The molecule has 0 unspecified atom stereocenters. The Hall–Kier alpha value is -1.99. The van der Waals surface area contributed by atoms with Crippen LogP contribution in [0.3, 0.4) is 0 Å². The third-order valence-corrected chi connectivity index (χ3v) is 4.21. The summed E-state index contributed by atoms with van der Waals surface area (Å²) >= 11 is 0. The molecular formula is C15H14O3S. The van der Waals surface area contributed by atoms with Crippen molar-refractivity contribution in [3.8, 4) is 5.75 Å². The van der Waals surface area contributed by atoms with Crippen molar-refractivity contribution in [1.82, 2.24) is 0 Å². The smallest absolute Gasteiger partial charge is 0.207 e. The van der Waals surface area contributed by atoms with E-state index >= 15 is 0 Å². The number of rotatable bonds is 4. The Balaban J connectivity index is 2.32. The molecule has 0 aliphatic carbocycles. The van der Waals surface area contributed by atoms with Crippen LogP contribution in [0.25, 0.3) is 0 Å². The molecule has 3 nitrogen and oxygen atoms in total. The Morgan fingerprint density at radius 3 is 2.21 bits per heavy atom. The second kappa shape index (κ2) is 5.33. The predicted octanol–water partition coefficient (Wildman–Crippen LogP) is 2.91. The number of benzene rings is 1. The molecule has 0 aliphatic heterocycles. The van der Waals surface area contributed by atoms with Crippen LogP contribution in [-0.4, -0.2) is 14.5 Å². The van der Waals surface area contributed by atoms with Gasteiger partial charge in [-0.25, -0.2) is 8.42 Å². The van der Waals surface area contributed by atoms with Gasteiger partial charge in [-0.2, -0.15) is 0 Å². The first-order chi connectivity index (χ1) is 9.00. The van der Waals surface area contributed by atoms with E-state index in [0.717, 1.165) is 0 Å². The number of hydrogen-bond acceptors (Lipinski definition) is 3. The highest BCUT2D eigenvalue weighted by Crippen LogP contribution is 2.22. The molecule has 2 aromatic carbocycles. The topological polar surface area (TPSA) is 43.4 Å². The average molecular weight is 274 g/mol. The van der Waals surface area contributed by atoms with E-state index < -0.39 is 9.84 Å². The minimum atomic E-state index is -3.49. The summed E-state index contributed by atoms with van der Waals surface area (Å²) < 4.78 is 30.1. The Bertz CT molecular complexity index is 629. The van der Waals surface area contributed by atoms with Gasteiger partial charge in [-0.05, 0) is 50.2 Å². The molecule has 0 aliphatic rings. The molecule has 0 saturated carbocycles. The van der Waals surface area contributed by atoms with Crippen LogP contribution in [0.15, 0.2) is 52.3 Å². The molecule has 0 amide bonds. The van der Waals surface area contributed by atoms with E-state index in [-0.39, 0.29) is 15.9 Å². The van der Waals surface area contributed by atoms with Crippen LogP contribution in [-0.2, 0) is 9.84 Å². The zero-order valence-electron chi connectivity index (χ0n) is 10.8. The minimum absolute atomic E-state index is 0.0571. The molecule has 0 spiro atoms. The Morgan fingerprint density at radius 1 is 1.00 bits per heavy atom. The van der Waals surface area contributed by atoms with Gasteiger partial charge in [-0.1, -0.05) is 12.1 Å². The lowest BCUT2D eigenvalue weighted by Crippen LogP contribution is -2.06. The van der Waals surface area contributed by atoms with Crippen molar-refractivity contribution < 1.29 is 13.2 Å². The van der Waals surface area contributed by atoms with E-state index in [1.54, 1.807) is 24.3 Å². The lowest BCUT2D eigenvalue weighted by molar-refractivity contribution is 0.242. The summed E-state index contributed by atoms with van der Waals surface area (Å²) in [5, 5.41) is 0. The van der Waals surface area contributed by atoms with Crippen LogP contribution in [0.2, 0.25) is 0 Å². The maximum atomic E-state index is 12.3. The summed E-state index contributed by atoms with van der Waals surface area (Å²) in [6, 6.07) is 16.2. The maximum Gasteiger partial charge on any atom is 0.207 e. The first-order valence-corrected chi connectivity index (χ1v) is 7.38. The van der Waals surface area contributed by atoms with E-state index in [2.05, 4.69) is 12.1 Å². The van der Waals surface area contributed by atoms with Crippen molar-refractivity contribution in [3.05, 3.63) is 54.6 Å². The van der Waals surface area contributed by atoms with Gasteiger partial charge >= 0.3 is 0 Å². The van der Waals surface area contributed by atoms with Gasteiger partial charge in [0.15, 0.2) is 0 Å². The summed E-state index contributed by atoms with van der Waals surface area (Å²) in [7, 11) is -3.49. The van der Waals surface area contributed by atoms with E-state index in [4.69, 9.17) is 4.74 Å². The molecule has 0 bridgehead atoms. The van der Waals surface area contributed by atoms with Crippen molar-refractivity contribution in [2.75, 3.05) is 0 Å². The SMILES string of the molecule is CC(C)Oc1ccc(S(=O)(=O)c2cc#ccc2)cc1. The van der Waals surface area contributed by atoms with E-state index in [1.807, 2.05) is 13.8 Å². The van der Waals surface area contributed by atoms with Crippen LogP contribution < -0.4 is 4.74 Å². The molecular weight excluding hydrogens is 260 g/mol. The average Bonchev–Trinajstić information content (AvgIpc) is 2.40. The highest BCUT2D eigenvalue weighted by molar-refractivity contribution is 7.91. The van der Waals surface area contributed by atoms with Gasteiger partial charge < -0.3 is 4.74 Å². The van der Waals surface area contributed by atoms with Gasteiger partial charge in [-0.15, -0.1) is 0 Å². The quantitative estimate of drug-likeness (QED) is 0.861.